The molecule has 0 spiro atoms. The summed E-state index contributed by atoms with van der Waals surface area (Å²) in [5.74, 6) is -1.53. The number of ether oxygens (including phenoxy) is 7. The van der Waals surface area contributed by atoms with E-state index in [9.17, 15) is 43.8 Å². The number of hydrogen-bond acceptors (Lipinski definition) is 16. The van der Waals surface area contributed by atoms with Gasteiger partial charge in [-0.05, 0) is 89.1 Å². The fraction of sp³-hybridized carbons (Fsp3) is 0.500. The van der Waals surface area contributed by atoms with Crippen LogP contribution in [0.15, 0.2) is 61.2 Å². The molecule has 2 saturated heterocycles. The molecule has 0 bridgehead atoms. The zero-order valence-corrected chi connectivity index (χ0v) is 45.0. The summed E-state index contributed by atoms with van der Waals surface area (Å²) < 4.78 is 39.4. The Hall–Kier alpha value is -7.79. The summed E-state index contributed by atoms with van der Waals surface area (Å²) >= 11 is 0. The highest BCUT2D eigenvalue weighted by Crippen LogP contribution is 2.38. The lowest BCUT2D eigenvalue weighted by atomic mass is 10.0. The molecular formula is C54H73N7O16. The molecule has 7 N–H and O–H groups in total. The van der Waals surface area contributed by atoms with Gasteiger partial charge in [0.05, 0.1) is 75.2 Å². The van der Waals surface area contributed by atoms with Crippen molar-refractivity contribution in [2.45, 2.75) is 110 Å². The highest BCUT2D eigenvalue weighted by Gasteiger charge is 2.34. The molecule has 2 aliphatic rings. The number of amides is 7. The van der Waals surface area contributed by atoms with Crippen molar-refractivity contribution in [3.8, 4) is 23.0 Å². The third kappa shape index (κ3) is 17.1. The minimum Gasteiger partial charge on any atom is -0.493 e. The molecule has 0 aliphatic carbocycles. The van der Waals surface area contributed by atoms with E-state index < -0.39 is 65.6 Å². The van der Waals surface area contributed by atoms with Crippen LogP contribution in [0.2, 0.25) is 0 Å². The number of likely N-dealkylation sites (tertiary alicyclic amines) is 2. The first-order valence-electron chi connectivity index (χ1n) is 25.4. The fourth-order valence-electron chi connectivity index (χ4n) is 8.39. The third-order valence-corrected chi connectivity index (χ3v) is 12.3. The van der Waals surface area contributed by atoms with Gasteiger partial charge < -0.3 is 69.1 Å². The van der Waals surface area contributed by atoms with E-state index in [1.54, 1.807) is 63.8 Å². The molecule has 2 fully saturated rings. The van der Waals surface area contributed by atoms with Gasteiger partial charge in [-0.15, -0.1) is 0 Å². The van der Waals surface area contributed by atoms with Gasteiger partial charge in [0, 0.05) is 37.3 Å². The summed E-state index contributed by atoms with van der Waals surface area (Å²) in [6, 6.07) is 9.47. The highest BCUT2D eigenvalue weighted by atomic mass is 16.6. The molecule has 23 nitrogen and oxygen atoms in total. The number of hydrogen-bond donors (Lipinski definition) is 7. The number of methoxy groups -OCH3 is 2. The van der Waals surface area contributed by atoms with Crippen LogP contribution >= 0.6 is 0 Å². The quantitative estimate of drug-likeness (QED) is 0.0298. The molecule has 5 rings (SSSR count). The van der Waals surface area contributed by atoms with E-state index in [0.29, 0.717) is 50.0 Å². The molecule has 2 aliphatic heterocycles. The maximum Gasteiger partial charge on any atom is 0.412 e. The number of rotatable bonds is 24. The normalized spacial score (nSPS) is 15.8. The Labute approximate surface area is 448 Å². The summed E-state index contributed by atoms with van der Waals surface area (Å²) in [5.41, 5.74) is 0.439. The molecule has 3 aromatic carbocycles. The van der Waals surface area contributed by atoms with Gasteiger partial charge in [-0.2, -0.15) is 0 Å². The fourth-order valence-corrected chi connectivity index (χ4v) is 8.39. The Bertz CT molecular complexity index is 2570. The first kappa shape index (κ1) is 60.1. The number of aliphatic hydroxyl groups excluding tert-OH is 2. The molecule has 77 heavy (non-hydrogen) atoms. The van der Waals surface area contributed by atoms with Crippen molar-refractivity contribution in [3.05, 3.63) is 77.9 Å². The number of nitrogens with zero attached hydrogens (tertiary/aromatic N) is 2. The zero-order valence-electron chi connectivity index (χ0n) is 45.0. The highest BCUT2D eigenvalue weighted by molar-refractivity contribution is 6.05. The number of aliphatic hydroxyl groups is 2. The minimum atomic E-state index is -0.983. The van der Waals surface area contributed by atoms with E-state index in [1.807, 2.05) is 0 Å². The Morgan fingerprint density at radius 1 is 0.688 bits per heavy atom. The van der Waals surface area contributed by atoms with Crippen LogP contribution in [0.25, 0.3) is 0 Å². The largest absolute Gasteiger partial charge is 0.493 e. The molecule has 23 heteroatoms. The van der Waals surface area contributed by atoms with E-state index in [1.165, 1.54) is 56.4 Å². The summed E-state index contributed by atoms with van der Waals surface area (Å²) in [6.07, 6.45) is 1.77. The smallest absolute Gasteiger partial charge is 0.412 e. The van der Waals surface area contributed by atoms with Gasteiger partial charge in [0.15, 0.2) is 23.0 Å². The maximum atomic E-state index is 14.1. The number of alkyl carbamates (subject to hydrolysis) is 1. The molecule has 3 aromatic rings. The van der Waals surface area contributed by atoms with Crippen molar-refractivity contribution >= 4 is 59.0 Å². The van der Waals surface area contributed by atoms with Crippen LogP contribution in [0.3, 0.4) is 0 Å². The Morgan fingerprint density at radius 3 is 1.68 bits per heavy atom. The van der Waals surface area contributed by atoms with Gasteiger partial charge in [0.1, 0.15) is 30.9 Å². The summed E-state index contributed by atoms with van der Waals surface area (Å²) in [4.78, 5) is 95.5. The van der Waals surface area contributed by atoms with Gasteiger partial charge in [0.2, 0.25) is 11.8 Å². The summed E-state index contributed by atoms with van der Waals surface area (Å²) in [5, 5.41) is 33.1. The Morgan fingerprint density at radius 2 is 1.21 bits per heavy atom. The second-order valence-electron chi connectivity index (χ2n) is 19.6. The SMILES string of the molecule is C=CCOC(=O)N[C@H](C(=O)N[C@@H](C)C(=O)Nc1ccc(COC(=O)Nc2cc(OCCCOc3cc(NC(=O)OC(C)(C)C)c(C(=O)N4CCC[C@H]4CO)cc3OC)c(OC)cc2C(=O)N2CCC[C@H]2CO)cc1)C(C)C. The average molecular weight is 1080 g/mol. The van der Waals surface area contributed by atoms with Crippen LogP contribution in [-0.4, -0.2) is 152 Å². The van der Waals surface area contributed by atoms with Crippen molar-refractivity contribution in [2.75, 3.05) is 76.3 Å². The van der Waals surface area contributed by atoms with Crippen LogP contribution in [0.5, 0.6) is 23.0 Å². The van der Waals surface area contributed by atoms with Gasteiger partial charge in [0.25, 0.3) is 11.8 Å². The minimum absolute atomic E-state index is 0.0366. The van der Waals surface area contributed by atoms with E-state index in [4.69, 9.17) is 33.2 Å². The Balaban J connectivity index is 1.24. The molecule has 7 amide bonds. The molecule has 0 aromatic heterocycles. The van der Waals surface area contributed by atoms with E-state index in [2.05, 4.69) is 33.2 Å². The van der Waals surface area contributed by atoms with Crippen LogP contribution in [0.4, 0.5) is 31.4 Å². The number of benzene rings is 3. The average Bonchev–Trinajstić information content (AvgIpc) is 4.10. The molecule has 4 atom stereocenters. The molecule has 2 heterocycles. The maximum absolute atomic E-state index is 14.1. The van der Waals surface area contributed by atoms with Gasteiger partial charge in [-0.25, -0.2) is 14.4 Å². The lowest BCUT2D eigenvalue weighted by Crippen LogP contribution is -2.53. The molecule has 420 valence electrons. The molecule has 0 radical (unpaired) electrons. The van der Waals surface area contributed by atoms with E-state index in [0.717, 1.165) is 0 Å². The van der Waals surface area contributed by atoms with Crippen LogP contribution < -0.4 is 45.5 Å². The Kier molecular flexibility index (Phi) is 22.1. The third-order valence-electron chi connectivity index (χ3n) is 12.3. The molecular weight excluding hydrogens is 1000 g/mol. The molecule has 0 saturated carbocycles. The number of carbonyl (C=O) groups excluding carboxylic acids is 7. The van der Waals surface area contributed by atoms with Crippen LogP contribution in [-0.2, 0) is 30.4 Å². The number of nitrogens with one attached hydrogen (secondary N) is 5. The lowest BCUT2D eigenvalue weighted by molar-refractivity contribution is -0.128. The summed E-state index contributed by atoms with van der Waals surface area (Å²) in [6.45, 7) is 13.8. The number of carbonyl (C=O) groups is 7. The second-order valence-corrected chi connectivity index (χ2v) is 19.6. The van der Waals surface area contributed by atoms with Crippen molar-refractivity contribution < 1.29 is 76.9 Å². The van der Waals surface area contributed by atoms with E-state index in [-0.39, 0.29) is 104 Å². The molecule has 0 unspecified atom stereocenters. The van der Waals surface area contributed by atoms with Crippen LogP contribution in [0.1, 0.15) is 99.9 Å². The first-order valence-corrected chi connectivity index (χ1v) is 25.4. The first-order chi connectivity index (χ1) is 36.7. The summed E-state index contributed by atoms with van der Waals surface area (Å²) in [7, 11) is 2.81. The van der Waals surface area contributed by atoms with Gasteiger partial charge in [-0.3, -0.25) is 29.8 Å². The standard InChI is InChI=1S/C54H73N7O16/c1-10-22-75-52(69)59-46(32(2)3)48(65)55-33(4)47(64)56-35-18-16-34(17-19-35)31-76-51(68)57-40-27-44(42(71-8)25-38(40)49(66)60-20-11-14-36(60)29-62)73-23-13-24-74-45-28-41(58-53(70)77-54(5,6)7)39(26-43(45)72-9)50(67)61-21-12-15-37(61)30-63/h10,16-19,25-28,32-33,36-37,46,62-63H,1,11-15,20-24,29-31H2,2-9H3,(H,55,65)(H,56,64)(H,57,68)(H,58,70)(H,59,69)/t33-,36-,37-,46-/m0/s1. The van der Waals surface area contributed by atoms with Crippen LogP contribution in [0, 0.1) is 5.92 Å². The topological polar surface area (TPSA) is 291 Å². The number of anilines is 3. The zero-order chi connectivity index (χ0) is 56.4. The lowest BCUT2D eigenvalue weighted by Gasteiger charge is -2.26. The predicted molar refractivity (Wildman–Crippen MR) is 284 cm³/mol. The van der Waals surface area contributed by atoms with Gasteiger partial charge in [-0.1, -0.05) is 38.6 Å². The van der Waals surface area contributed by atoms with Crippen molar-refractivity contribution in [3.63, 3.8) is 0 Å². The van der Waals surface area contributed by atoms with E-state index >= 15 is 0 Å². The van der Waals surface area contributed by atoms with Gasteiger partial charge >= 0.3 is 18.3 Å². The van der Waals surface area contributed by atoms with Crippen molar-refractivity contribution in [2.24, 2.45) is 5.92 Å². The second kappa shape index (κ2) is 28.4. The monoisotopic (exact) mass is 1080 g/mol. The van der Waals surface area contributed by atoms with Crippen molar-refractivity contribution in [1.29, 1.82) is 0 Å². The predicted octanol–water partition coefficient (Wildman–Crippen LogP) is 6.22. The van der Waals surface area contributed by atoms with Crippen molar-refractivity contribution in [1.82, 2.24) is 20.4 Å².